The van der Waals surface area contributed by atoms with Gasteiger partial charge in [-0.2, -0.15) is 5.26 Å². The zero-order valence-electron chi connectivity index (χ0n) is 9.77. The maximum Gasteiger partial charge on any atom is 0.142 e. The Morgan fingerprint density at radius 3 is 2.65 bits per heavy atom. The van der Waals surface area contributed by atoms with Gasteiger partial charge in [-0.05, 0) is 18.2 Å². The molecular formula is C13H14N2O2. The molecule has 0 saturated carbocycles. The van der Waals surface area contributed by atoms with Crippen LogP contribution in [0, 0.1) is 11.3 Å². The second-order valence-corrected chi connectivity index (χ2v) is 4.02. The van der Waals surface area contributed by atoms with Crippen molar-refractivity contribution in [3.05, 3.63) is 23.8 Å². The van der Waals surface area contributed by atoms with Gasteiger partial charge in [0.05, 0.1) is 24.4 Å². The molecule has 0 bridgehead atoms. The number of anilines is 1. The average Bonchev–Trinajstić information content (AvgIpc) is 2.39. The summed E-state index contributed by atoms with van der Waals surface area (Å²) in [6, 6.07) is 7.46. The van der Waals surface area contributed by atoms with E-state index in [-0.39, 0.29) is 0 Å². The first kappa shape index (κ1) is 11.5. The Labute approximate surface area is 100 Å². The maximum absolute atomic E-state index is 11.2. The van der Waals surface area contributed by atoms with Gasteiger partial charge < -0.3 is 9.64 Å². The summed E-state index contributed by atoms with van der Waals surface area (Å²) in [7, 11) is 1.61. The highest BCUT2D eigenvalue weighted by molar-refractivity contribution is 5.81. The van der Waals surface area contributed by atoms with Crippen LogP contribution in [0.2, 0.25) is 0 Å². The Bertz CT molecular complexity index is 467. The summed E-state index contributed by atoms with van der Waals surface area (Å²) in [5.74, 6) is 1.05. The fraction of sp³-hybridized carbons (Fsp3) is 0.385. The number of benzene rings is 1. The third-order valence-corrected chi connectivity index (χ3v) is 2.97. The number of rotatable bonds is 2. The second-order valence-electron chi connectivity index (χ2n) is 4.02. The summed E-state index contributed by atoms with van der Waals surface area (Å²) in [6.45, 7) is 1.40. The van der Waals surface area contributed by atoms with Gasteiger partial charge in [0.2, 0.25) is 0 Å². The van der Waals surface area contributed by atoms with Crippen LogP contribution in [0.1, 0.15) is 18.4 Å². The largest absolute Gasteiger partial charge is 0.495 e. The molecule has 88 valence electrons. The topological polar surface area (TPSA) is 53.3 Å². The number of carbonyl (C=O) groups excluding carboxylic acids is 1. The van der Waals surface area contributed by atoms with Gasteiger partial charge in [-0.3, -0.25) is 4.79 Å². The molecule has 0 aromatic heterocycles. The molecule has 1 saturated heterocycles. The standard InChI is InChI=1S/C13H14N2O2/c1-17-13-3-2-10(9-14)8-12(13)15-6-4-11(16)5-7-15/h2-3,8H,4-7H2,1H3. The molecule has 4 heteroatoms. The van der Waals surface area contributed by atoms with Gasteiger partial charge in [-0.25, -0.2) is 0 Å². The number of ketones is 1. The first-order valence-electron chi connectivity index (χ1n) is 5.59. The highest BCUT2D eigenvalue weighted by Crippen LogP contribution is 2.30. The van der Waals surface area contributed by atoms with Crippen LogP contribution in [-0.2, 0) is 4.79 Å². The number of nitrogens with zero attached hydrogens (tertiary/aromatic N) is 2. The summed E-state index contributed by atoms with van der Waals surface area (Å²) in [6.07, 6.45) is 1.14. The molecule has 1 heterocycles. The minimum Gasteiger partial charge on any atom is -0.495 e. The lowest BCUT2D eigenvalue weighted by Gasteiger charge is -2.29. The Balaban J connectivity index is 2.29. The van der Waals surface area contributed by atoms with E-state index in [9.17, 15) is 4.79 Å². The van der Waals surface area contributed by atoms with Gasteiger partial charge in [-0.15, -0.1) is 0 Å². The Hall–Kier alpha value is -2.02. The van der Waals surface area contributed by atoms with Crippen LogP contribution in [-0.4, -0.2) is 26.0 Å². The molecule has 0 atom stereocenters. The number of piperidine rings is 1. The SMILES string of the molecule is COc1ccc(C#N)cc1N1CCC(=O)CC1. The van der Waals surface area contributed by atoms with Gasteiger partial charge in [0.15, 0.2) is 0 Å². The quantitative estimate of drug-likeness (QED) is 0.776. The van der Waals surface area contributed by atoms with Crippen LogP contribution >= 0.6 is 0 Å². The predicted molar refractivity (Wildman–Crippen MR) is 64.2 cm³/mol. The third kappa shape index (κ3) is 2.39. The van der Waals surface area contributed by atoms with Crippen LogP contribution in [0.3, 0.4) is 0 Å². The number of methoxy groups -OCH3 is 1. The summed E-state index contributed by atoms with van der Waals surface area (Å²) in [4.78, 5) is 13.3. The van der Waals surface area contributed by atoms with E-state index in [1.807, 2.05) is 6.07 Å². The van der Waals surface area contributed by atoms with Gasteiger partial charge >= 0.3 is 0 Å². The van der Waals surface area contributed by atoms with E-state index in [0.29, 0.717) is 37.3 Å². The molecule has 0 N–H and O–H groups in total. The van der Waals surface area contributed by atoms with Gasteiger partial charge in [0.1, 0.15) is 11.5 Å². The molecule has 0 aliphatic carbocycles. The fourth-order valence-electron chi connectivity index (χ4n) is 2.00. The maximum atomic E-state index is 11.2. The van der Waals surface area contributed by atoms with Crippen molar-refractivity contribution in [1.82, 2.24) is 0 Å². The second kappa shape index (κ2) is 4.88. The molecule has 4 nitrogen and oxygen atoms in total. The van der Waals surface area contributed by atoms with E-state index >= 15 is 0 Å². The first-order chi connectivity index (χ1) is 8.24. The molecule has 0 amide bonds. The zero-order chi connectivity index (χ0) is 12.3. The number of Topliss-reactive ketones (excluding diaryl/α,β-unsaturated/α-hetero) is 1. The molecule has 1 aliphatic rings. The van der Waals surface area contributed by atoms with E-state index in [1.54, 1.807) is 19.2 Å². The molecule has 1 aliphatic heterocycles. The fourth-order valence-corrected chi connectivity index (χ4v) is 2.00. The zero-order valence-corrected chi connectivity index (χ0v) is 9.77. The van der Waals surface area contributed by atoms with E-state index in [4.69, 9.17) is 10.00 Å². The van der Waals surface area contributed by atoms with Crippen molar-refractivity contribution in [1.29, 1.82) is 5.26 Å². The lowest BCUT2D eigenvalue weighted by molar-refractivity contribution is -0.119. The van der Waals surface area contributed by atoms with E-state index < -0.39 is 0 Å². The van der Waals surface area contributed by atoms with Crippen LogP contribution < -0.4 is 9.64 Å². The van der Waals surface area contributed by atoms with E-state index in [2.05, 4.69) is 11.0 Å². The number of ether oxygens (including phenoxy) is 1. The van der Waals surface area contributed by atoms with Crippen LogP contribution in [0.5, 0.6) is 5.75 Å². The molecule has 1 aromatic carbocycles. The van der Waals surface area contributed by atoms with E-state index in [0.717, 1.165) is 11.4 Å². The normalized spacial score (nSPS) is 15.5. The first-order valence-corrected chi connectivity index (χ1v) is 5.59. The van der Waals surface area contributed by atoms with E-state index in [1.165, 1.54) is 0 Å². The smallest absolute Gasteiger partial charge is 0.142 e. The van der Waals surface area contributed by atoms with Gasteiger partial charge in [0, 0.05) is 25.9 Å². The molecule has 1 fully saturated rings. The third-order valence-electron chi connectivity index (χ3n) is 2.97. The number of nitriles is 1. The van der Waals surface area contributed by atoms with Crippen molar-refractivity contribution in [2.75, 3.05) is 25.1 Å². The monoisotopic (exact) mass is 230 g/mol. The van der Waals surface area contributed by atoms with Crippen molar-refractivity contribution in [3.8, 4) is 11.8 Å². The average molecular weight is 230 g/mol. The number of hydrogen-bond acceptors (Lipinski definition) is 4. The minimum atomic E-state index is 0.302. The Kier molecular flexibility index (Phi) is 3.29. The molecule has 0 unspecified atom stereocenters. The van der Waals surface area contributed by atoms with Crippen LogP contribution in [0.15, 0.2) is 18.2 Å². The Morgan fingerprint density at radius 2 is 2.06 bits per heavy atom. The summed E-state index contributed by atoms with van der Waals surface area (Å²) in [5, 5.41) is 8.90. The molecule has 0 radical (unpaired) electrons. The summed E-state index contributed by atoms with van der Waals surface area (Å²) < 4.78 is 5.29. The number of carbonyl (C=O) groups is 1. The van der Waals surface area contributed by atoms with Crippen molar-refractivity contribution in [2.24, 2.45) is 0 Å². The molecule has 1 aromatic rings. The highest BCUT2D eigenvalue weighted by atomic mass is 16.5. The Morgan fingerprint density at radius 1 is 1.35 bits per heavy atom. The lowest BCUT2D eigenvalue weighted by Crippen LogP contribution is -2.33. The highest BCUT2D eigenvalue weighted by Gasteiger charge is 2.19. The molecular weight excluding hydrogens is 216 g/mol. The molecule has 17 heavy (non-hydrogen) atoms. The summed E-state index contributed by atoms with van der Waals surface area (Å²) >= 11 is 0. The number of hydrogen-bond donors (Lipinski definition) is 0. The van der Waals surface area contributed by atoms with Gasteiger partial charge in [-0.1, -0.05) is 0 Å². The van der Waals surface area contributed by atoms with Crippen LogP contribution in [0.4, 0.5) is 5.69 Å². The van der Waals surface area contributed by atoms with Crippen molar-refractivity contribution >= 4 is 11.5 Å². The van der Waals surface area contributed by atoms with Crippen molar-refractivity contribution in [2.45, 2.75) is 12.8 Å². The summed E-state index contributed by atoms with van der Waals surface area (Å²) in [5.41, 5.74) is 1.51. The van der Waals surface area contributed by atoms with Crippen LogP contribution in [0.25, 0.3) is 0 Å². The van der Waals surface area contributed by atoms with Crippen molar-refractivity contribution < 1.29 is 9.53 Å². The van der Waals surface area contributed by atoms with Crippen molar-refractivity contribution in [3.63, 3.8) is 0 Å². The minimum absolute atomic E-state index is 0.302. The predicted octanol–water partition coefficient (Wildman–Crippen LogP) is 1.74. The molecule has 2 rings (SSSR count). The molecule has 0 spiro atoms. The lowest BCUT2D eigenvalue weighted by atomic mass is 10.1. The van der Waals surface area contributed by atoms with Gasteiger partial charge in [0.25, 0.3) is 0 Å².